The highest BCUT2D eigenvalue weighted by molar-refractivity contribution is 9.10. The maximum absolute atomic E-state index is 10.6. The van der Waals surface area contributed by atoms with Crippen LogP contribution in [0, 0.1) is 5.41 Å². The molecule has 1 unspecified atom stereocenters. The Hall–Kier alpha value is -0.0500. The van der Waals surface area contributed by atoms with Gasteiger partial charge < -0.3 is 5.11 Å². The van der Waals surface area contributed by atoms with Crippen LogP contribution in [-0.4, -0.2) is 11.2 Å². The zero-order valence-corrected chi connectivity index (χ0v) is 13.1. The lowest BCUT2D eigenvalue weighted by atomic mass is 9.76. The summed E-state index contributed by atoms with van der Waals surface area (Å²) in [6, 6.07) is 5.89. The number of rotatable bonds is 4. The van der Waals surface area contributed by atoms with Crippen LogP contribution in [0.1, 0.15) is 44.6 Å². The molecule has 0 aromatic heterocycles. The lowest BCUT2D eigenvalue weighted by Crippen LogP contribution is -2.33. The van der Waals surface area contributed by atoms with Crippen molar-refractivity contribution in [1.29, 1.82) is 0 Å². The largest absolute Gasteiger partial charge is 0.392 e. The van der Waals surface area contributed by atoms with Crippen molar-refractivity contribution in [3.05, 3.63) is 33.3 Å². The molecule has 0 radical (unpaired) electrons. The molecule has 0 amide bonds. The van der Waals surface area contributed by atoms with Crippen LogP contribution in [0.4, 0.5) is 0 Å². The molecule has 1 atom stereocenters. The van der Waals surface area contributed by atoms with Gasteiger partial charge in [0.2, 0.25) is 0 Å². The van der Waals surface area contributed by atoms with Crippen LogP contribution >= 0.6 is 27.5 Å². The lowest BCUT2D eigenvalue weighted by molar-refractivity contribution is 0.0257. The van der Waals surface area contributed by atoms with Gasteiger partial charge in [-0.25, -0.2) is 0 Å². The van der Waals surface area contributed by atoms with Gasteiger partial charge in [0.15, 0.2) is 0 Å². The highest BCUT2D eigenvalue weighted by Crippen LogP contribution is 2.45. The topological polar surface area (TPSA) is 20.2 Å². The molecule has 1 saturated carbocycles. The Bertz CT molecular complexity index is 413. The van der Waals surface area contributed by atoms with E-state index in [4.69, 9.17) is 11.6 Å². The predicted molar refractivity (Wildman–Crippen MR) is 80.1 cm³/mol. The minimum atomic E-state index is -0.274. The minimum absolute atomic E-state index is 0.121. The molecule has 1 nitrogen and oxygen atoms in total. The van der Waals surface area contributed by atoms with Gasteiger partial charge in [-0.15, -0.1) is 0 Å². The van der Waals surface area contributed by atoms with Gasteiger partial charge >= 0.3 is 0 Å². The van der Waals surface area contributed by atoms with E-state index in [0.29, 0.717) is 6.42 Å². The van der Waals surface area contributed by atoms with E-state index in [1.54, 1.807) is 0 Å². The van der Waals surface area contributed by atoms with Crippen LogP contribution in [0.5, 0.6) is 0 Å². The highest BCUT2D eigenvalue weighted by atomic mass is 79.9. The Labute approximate surface area is 123 Å². The van der Waals surface area contributed by atoms with E-state index >= 15 is 0 Å². The Kier molecular flexibility index (Phi) is 4.74. The van der Waals surface area contributed by atoms with Crippen molar-refractivity contribution in [3.8, 4) is 0 Å². The number of aliphatic hydroxyl groups is 1. The quantitative estimate of drug-likeness (QED) is 0.825. The summed E-state index contributed by atoms with van der Waals surface area (Å²) in [7, 11) is 0. The molecule has 0 aliphatic heterocycles. The summed E-state index contributed by atoms with van der Waals surface area (Å²) in [6.07, 6.45) is 6.25. The Morgan fingerprint density at radius 3 is 2.61 bits per heavy atom. The second kappa shape index (κ2) is 5.94. The summed E-state index contributed by atoms with van der Waals surface area (Å²) in [6.45, 7) is 2.19. The van der Waals surface area contributed by atoms with E-state index in [2.05, 4.69) is 22.9 Å². The molecule has 2 rings (SSSR count). The summed E-state index contributed by atoms with van der Waals surface area (Å²) in [5, 5.41) is 11.3. The average Bonchev–Trinajstić information content (AvgIpc) is 2.82. The van der Waals surface area contributed by atoms with Crippen molar-refractivity contribution >= 4 is 27.5 Å². The summed E-state index contributed by atoms with van der Waals surface area (Å²) in [4.78, 5) is 0. The molecule has 1 fully saturated rings. The monoisotopic (exact) mass is 330 g/mol. The average molecular weight is 332 g/mol. The third kappa shape index (κ3) is 2.92. The highest BCUT2D eigenvalue weighted by Gasteiger charge is 2.38. The van der Waals surface area contributed by atoms with Gasteiger partial charge in [-0.2, -0.15) is 0 Å². The zero-order valence-electron chi connectivity index (χ0n) is 10.8. The number of benzene rings is 1. The number of aliphatic hydroxyl groups excluding tert-OH is 1. The third-order valence-corrected chi connectivity index (χ3v) is 5.28. The number of hydrogen-bond acceptors (Lipinski definition) is 1. The Balaban J connectivity index is 2.12. The van der Waals surface area contributed by atoms with E-state index in [1.807, 2.05) is 18.2 Å². The van der Waals surface area contributed by atoms with E-state index in [1.165, 1.54) is 12.8 Å². The first-order chi connectivity index (χ1) is 8.57. The van der Waals surface area contributed by atoms with E-state index < -0.39 is 0 Å². The van der Waals surface area contributed by atoms with Crippen LogP contribution < -0.4 is 0 Å². The van der Waals surface area contributed by atoms with Crippen molar-refractivity contribution in [2.45, 2.75) is 51.6 Å². The van der Waals surface area contributed by atoms with Gasteiger partial charge in [0.1, 0.15) is 0 Å². The van der Waals surface area contributed by atoms with Crippen molar-refractivity contribution in [2.24, 2.45) is 5.41 Å². The molecule has 0 saturated heterocycles. The van der Waals surface area contributed by atoms with Crippen LogP contribution in [0.3, 0.4) is 0 Å². The van der Waals surface area contributed by atoms with Gasteiger partial charge in [-0.3, -0.25) is 0 Å². The van der Waals surface area contributed by atoms with Crippen molar-refractivity contribution in [3.63, 3.8) is 0 Å². The van der Waals surface area contributed by atoms with Crippen molar-refractivity contribution in [1.82, 2.24) is 0 Å². The second-order valence-corrected chi connectivity index (χ2v) is 6.70. The normalized spacial score (nSPS) is 20.0. The van der Waals surface area contributed by atoms with Crippen molar-refractivity contribution in [2.75, 3.05) is 0 Å². The fourth-order valence-electron chi connectivity index (χ4n) is 3.11. The molecular formula is C15H20BrClO. The number of halogens is 2. The number of hydrogen-bond donors (Lipinski definition) is 1. The predicted octanol–water partition coefficient (Wildman–Crippen LogP) is 4.98. The summed E-state index contributed by atoms with van der Waals surface area (Å²) < 4.78 is 0.983. The smallest absolute Gasteiger partial charge is 0.0637 e. The van der Waals surface area contributed by atoms with Crippen molar-refractivity contribution < 1.29 is 5.11 Å². The molecule has 0 heterocycles. The minimum Gasteiger partial charge on any atom is -0.392 e. The first-order valence-electron chi connectivity index (χ1n) is 6.69. The molecule has 1 aromatic carbocycles. The fourth-order valence-corrected chi connectivity index (χ4v) is 3.86. The van der Waals surface area contributed by atoms with Gasteiger partial charge in [0.25, 0.3) is 0 Å². The zero-order chi connectivity index (χ0) is 13.2. The maximum atomic E-state index is 10.6. The molecule has 1 aliphatic carbocycles. The van der Waals surface area contributed by atoms with Crippen LogP contribution in [0.15, 0.2) is 22.7 Å². The summed E-state index contributed by atoms with van der Waals surface area (Å²) in [5.41, 5.74) is 1.17. The maximum Gasteiger partial charge on any atom is 0.0637 e. The van der Waals surface area contributed by atoms with Gasteiger partial charge in [0.05, 0.1) is 6.10 Å². The Morgan fingerprint density at radius 2 is 2.06 bits per heavy atom. The van der Waals surface area contributed by atoms with E-state index in [-0.39, 0.29) is 11.5 Å². The molecule has 100 valence electrons. The SMILES string of the molecule is CCC1(C(O)Cc2ccc(Br)cc2Cl)CCCC1. The molecule has 3 heteroatoms. The van der Waals surface area contributed by atoms with Gasteiger partial charge in [-0.05, 0) is 42.4 Å². The third-order valence-electron chi connectivity index (χ3n) is 4.44. The first-order valence-corrected chi connectivity index (χ1v) is 7.86. The molecule has 1 N–H and O–H groups in total. The summed E-state index contributed by atoms with van der Waals surface area (Å²) >= 11 is 9.63. The van der Waals surface area contributed by atoms with E-state index in [9.17, 15) is 5.11 Å². The standard InChI is InChI=1S/C15H20BrClO/c1-2-15(7-3-4-8-15)14(18)9-11-5-6-12(16)10-13(11)17/h5-6,10,14,18H,2-4,7-9H2,1H3. The molecule has 1 aliphatic rings. The van der Waals surface area contributed by atoms with Crippen LogP contribution in [0.25, 0.3) is 0 Å². The second-order valence-electron chi connectivity index (χ2n) is 5.38. The molecule has 0 spiro atoms. The van der Waals surface area contributed by atoms with Gasteiger partial charge in [0, 0.05) is 15.9 Å². The lowest BCUT2D eigenvalue weighted by Gasteiger charge is -2.33. The molecule has 1 aromatic rings. The molecule has 0 bridgehead atoms. The van der Waals surface area contributed by atoms with Crippen LogP contribution in [-0.2, 0) is 6.42 Å². The fraction of sp³-hybridized carbons (Fsp3) is 0.600. The van der Waals surface area contributed by atoms with E-state index in [0.717, 1.165) is 34.3 Å². The summed E-state index contributed by atoms with van der Waals surface area (Å²) in [5.74, 6) is 0. The first kappa shape index (κ1) is 14.4. The molecular weight excluding hydrogens is 312 g/mol. The Morgan fingerprint density at radius 1 is 1.39 bits per heavy atom. The van der Waals surface area contributed by atoms with Gasteiger partial charge in [-0.1, -0.05) is 53.4 Å². The molecule has 18 heavy (non-hydrogen) atoms. The van der Waals surface area contributed by atoms with Crippen LogP contribution in [0.2, 0.25) is 5.02 Å².